The molecule has 0 amide bonds. The van der Waals surface area contributed by atoms with Gasteiger partial charge in [-0.05, 0) is 36.2 Å². The van der Waals surface area contributed by atoms with Crippen molar-refractivity contribution in [2.24, 2.45) is 0 Å². The van der Waals surface area contributed by atoms with Crippen LogP contribution < -0.4 is 33.6 Å². The second-order valence-corrected chi connectivity index (χ2v) is 6.22. The molecule has 0 spiro atoms. The van der Waals surface area contributed by atoms with Crippen LogP contribution in [0.25, 0.3) is 0 Å². The third-order valence-electron chi connectivity index (χ3n) is 4.45. The molecule has 1 aliphatic rings. The summed E-state index contributed by atoms with van der Waals surface area (Å²) in [4.78, 5) is 15.0. The second-order valence-electron chi connectivity index (χ2n) is 6.22. The van der Waals surface area contributed by atoms with E-state index in [0.717, 1.165) is 37.5 Å². The number of hydrogen-bond acceptors (Lipinski definition) is 5. The summed E-state index contributed by atoms with van der Waals surface area (Å²) in [5.41, 5.74) is 2.32. The summed E-state index contributed by atoms with van der Waals surface area (Å²) in [6, 6.07) is 18.3. The predicted octanol–water partition coefficient (Wildman–Crippen LogP) is -1.47. The summed E-state index contributed by atoms with van der Waals surface area (Å²) in [6.45, 7) is 4.69. The zero-order valence-electron chi connectivity index (χ0n) is 15.3. The largest absolute Gasteiger partial charge is 1.00 e. The standard InChI is InChI=1S/C20H24N2O3.Li/c23-20(24)10-11-21-12-14-22(15-13-21)18-6-8-19(9-7-18)25-16-17-4-2-1-3-5-17;/h1-9H,10-16H2,(H,23,24);/q;+1/p-1. The number of nitrogens with zero attached hydrogens (tertiary/aromatic N) is 2. The molecule has 0 aliphatic carbocycles. The van der Waals surface area contributed by atoms with Crippen molar-refractivity contribution in [3.8, 4) is 5.75 Å². The van der Waals surface area contributed by atoms with Gasteiger partial charge < -0.3 is 19.5 Å². The van der Waals surface area contributed by atoms with Crippen LogP contribution in [0, 0.1) is 0 Å². The van der Waals surface area contributed by atoms with Crippen molar-refractivity contribution < 1.29 is 33.5 Å². The number of anilines is 1. The first-order valence-electron chi connectivity index (χ1n) is 8.64. The van der Waals surface area contributed by atoms with E-state index in [1.165, 1.54) is 5.69 Å². The second kappa shape index (κ2) is 10.3. The van der Waals surface area contributed by atoms with Gasteiger partial charge in [0.2, 0.25) is 0 Å². The molecule has 2 aromatic carbocycles. The van der Waals surface area contributed by atoms with Gasteiger partial charge in [0.15, 0.2) is 0 Å². The Morgan fingerprint density at radius 2 is 1.62 bits per heavy atom. The van der Waals surface area contributed by atoms with Gasteiger partial charge in [-0.25, -0.2) is 0 Å². The van der Waals surface area contributed by atoms with E-state index in [0.29, 0.717) is 13.2 Å². The topological polar surface area (TPSA) is 55.8 Å². The molecule has 132 valence electrons. The molecule has 0 bridgehead atoms. The van der Waals surface area contributed by atoms with E-state index in [-0.39, 0.29) is 25.3 Å². The van der Waals surface area contributed by atoms with Crippen molar-refractivity contribution in [2.45, 2.75) is 13.0 Å². The molecule has 1 fully saturated rings. The van der Waals surface area contributed by atoms with Crippen LogP contribution in [0.4, 0.5) is 5.69 Å². The van der Waals surface area contributed by atoms with Gasteiger partial charge in [0.1, 0.15) is 12.4 Å². The summed E-state index contributed by atoms with van der Waals surface area (Å²) >= 11 is 0. The van der Waals surface area contributed by atoms with Gasteiger partial charge in [0, 0.05) is 44.4 Å². The molecule has 6 heteroatoms. The minimum absolute atomic E-state index is 0. The number of carboxylic acid groups (broad SMARTS) is 1. The van der Waals surface area contributed by atoms with Crippen LogP contribution in [0.3, 0.4) is 0 Å². The maximum atomic E-state index is 10.5. The Labute approximate surface area is 166 Å². The van der Waals surface area contributed by atoms with Crippen LogP contribution in [0.15, 0.2) is 54.6 Å². The van der Waals surface area contributed by atoms with E-state index in [1.54, 1.807) is 0 Å². The van der Waals surface area contributed by atoms with Crippen molar-refractivity contribution in [3.05, 3.63) is 60.2 Å². The fraction of sp³-hybridized carbons (Fsp3) is 0.350. The first-order chi connectivity index (χ1) is 12.2. The minimum Gasteiger partial charge on any atom is -0.550 e. The molecule has 0 atom stereocenters. The summed E-state index contributed by atoms with van der Waals surface area (Å²) in [7, 11) is 0. The number of carboxylic acids is 1. The average molecular weight is 346 g/mol. The number of benzene rings is 2. The number of carbonyl (C=O) groups excluding carboxylic acids is 1. The maximum absolute atomic E-state index is 10.5. The number of hydrogen-bond donors (Lipinski definition) is 0. The predicted molar refractivity (Wildman–Crippen MR) is 95.5 cm³/mol. The molecular formula is C20H23LiN2O3. The molecule has 0 aromatic heterocycles. The molecule has 1 saturated heterocycles. The third kappa shape index (κ3) is 6.10. The Morgan fingerprint density at radius 1 is 0.962 bits per heavy atom. The molecular weight excluding hydrogens is 323 g/mol. The molecule has 1 aliphatic heterocycles. The van der Waals surface area contributed by atoms with Crippen molar-refractivity contribution in [3.63, 3.8) is 0 Å². The molecule has 26 heavy (non-hydrogen) atoms. The van der Waals surface area contributed by atoms with Crippen LogP contribution in [0.2, 0.25) is 0 Å². The summed E-state index contributed by atoms with van der Waals surface area (Å²) < 4.78 is 5.82. The van der Waals surface area contributed by atoms with Gasteiger partial charge >= 0.3 is 18.9 Å². The summed E-state index contributed by atoms with van der Waals surface area (Å²) in [5, 5.41) is 10.5. The Bertz CT molecular complexity index is 671. The Balaban J connectivity index is 0.00000243. The molecule has 3 rings (SSSR count). The number of carbonyl (C=O) groups is 1. The van der Waals surface area contributed by atoms with Crippen molar-refractivity contribution in [1.29, 1.82) is 0 Å². The number of ether oxygens (including phenoxy) is 1. The quantitative estimate of drug-likeness (QED) is 0.573. The minimum atomic E-state index is -0.978. The van der Waals surface area contributed by atoms with E-state index in [4.69, 9.17) is 4.74 Å². The molecule has 1 heterocycles. The van der Waals surface area contributed by atoms with Crippen LogP contribution in [0.5, 0.6) is 5.75 Å². The number of aliphatic carboxylic acids is 1. The summed E-state index contributed by atoms with van der Waals surface area (Å²) in [6.07, 6.45) is 0.105. The Hall–Kier alpha value is -1.93. The van der Waals surface area contributed by atoms with E-state index in [2.05, 4.69) is 21.9 Å². The van der Waals surface area contributed by atoms with E-state index < -0.39 is 5.97 Å². The fourth-order valence-electron chi connectivity index (χ4n) is 2.97. The van der Waals surface area contributed by atoms with Crippen molar-refractivity contribution >= 4 is 11.7 Å². The van der Waals surface area contributed by atoms with Crippen molar-refractivity contribution in [1.82, 2.24) is 4.90 Å². The van der Waals surface area contributed by atoms with Crippen LogP contribution in [-0.4, -0.2) is 43.6 Å². The van der Waals surface area contributed by atoms with Gasteiger partial charge in [0.05, 0.1) is 0 Å². The normalized spacial score (nSPS) is 14.5. The molecule has 0 N–H and O–H groups in total. The SMILES string of the molecule is O=C([O-])CCN1CCN(c2ccc(OCc3ccccc3)cc2)CC1.[Li+]. The van der Waals surface area contributed by atoms with Crippen LogP contribution >= 0.6 is 0 Å². The van der Waals surface area contributed by atoms with E-state index in [1.807, 2.05) is 42.5 Å². The van der Waals surface area contributed by atoms with Crippen LogP contribution in [-0.2, 0) is 11.4 Å². The van der Waals surface area contributed by atoms with Crippen molar-refractivity contribution in [2.75, 3.05) is 37.6 Å². The monoisotopic (exact) mass is 346 g/mol. The van der Waals surface area contributed by atoms with Gasteiger partial charge in [0.25, 0.3) is 0 Å². The smallest absolute Gasteiger partial charge is 0.550 e. The third-order valence-corrected chi connectivity index (χ3v) is 4.45. The number of rotatable bonds is 7. The maximum Gasteiger partial charge on any atom is 1.00 e. The average Bonchev–Trinajstić information content (AvgIpc) is 2.66. The summed E-state index contributed by atoms with van der Waals surface area (Å²) in [5.74, 6) is -0.117. The van der Waals surface area contributed by atoms with Gasteiger partial charge in [-0.3, -0.25) is 4.90 Å². The molecule has 0 unspecified atom stereocenters. The van der Waals surface area contributed by atoms with E-state index in [9.17, 15) is 9.90 Å². The molecule has 0 saturated carbocycles. The van der Waals surface area contributed by atoms with E-state index >= 15 is 0 Å². The Morgan fingerprint density at radius 3 is 2.23 bits per heavy atom. The zero-order chi connectivity index (χ0) is 17.5. The Kier molecular flexibility index (Phi) is 8.05. The molecule has 2 aromatic rings. The first-order valence-corrected chi connectivity index (χ1v) is 8.64. The molecule has 5 nitrogen and oxygen atoms in total. The first kappa shape index (κ1) is 20.4. The van der Waals surface area contributed by atoms with Crippen LogP contribution in [0.1, 0.15) is 12.0 Å². The number of piperazine rings is 1. The van der Waals surface area contributed by atoms with Gasteiger partial charge in [-0.1, -0.05) is 30.3 Å². The van der Waals surface area contributed by atoms with Gasteiger partial charge in [-0.2, -0.15) is 0 Å². The zero-order valence-corrected chi connectivity index (χ0v) is 15.3. The molecule has 0 radical (unpaired) electrons. The van der Waals surface area contributed by atoms with Gasteiger partial charge in [-0.15, -0.1) is 0 Å². The fourth-order valence-corrected chi connectivity index (χ4v) is 2.97.